The minimum Gasteiger partial charge on any atom is -0.508 e. The van der Waals surface area contributed by atoms with Crippen LogP contribution in [0.15, 0.2) is 17.3 Å². The molecule has 0 aliphatic carbocycles. The first kappa shape index (κ1) is 7.72. The molecule has 0 bridgehead atoms. The standard InChI is InChI=1S/C8H9NO2/c1-5-3-7(9-11)4-8(10)6(5)2/h3-4,10H,1-2H3. The number of benzene rings is 1. The van der Waals surface area contributed by atoms with E-state index in [1.54, 1.807) is 13.0 Å². The van der Waals surface area contributed by atoms with Crippen molar-refractivity contribution in [3.8, 4) is 5.75 Å². The van der Waals surface area contributed by atoms with Gasteiger partial charge in [-0.1, -0.05) is 0 Å². The maximum Gasteiger partial charge on any atom is 0.121 e. The molecule has 0 aliphatic rings. The molecule has 0 fully saturated rings. The van der Waals surface area contributed by atoms with Gasteiger partial charge in [-0.05, 0) is 36.2 Å². The van der Waals surface area contributed by atoms with E-state index in [2.05, 4.69) is 5.18 Å². The molecule has 0 aliphatic heterocycles. The molecule has 1 N–H and O–H groups in total. The fourth-order valence-electron chi connectivity index (χ4n) is 0.875. The largest absolute Gasteiger partial charge is 0.508 e. The third kappa shape index (κ3) is 1.37. The van der Waals surface area contributed by atoms with Crippen LogP contribution in [0.5, 0.6) is 5.75 Å². The summed E-state index contributed by atoms with van der Waals surface area (Å²) in [5, 5.41) is 11.9. The Hall–Kier alpha value is -1.38. The fraction of sp³-hybridized carbons (Fsp3) is 0.250. The molecule has 3 nitrogen and oxygen atoms in total. The maximum atomic E-state index is 10.1. The number of hydrogen-bond acceptors (Lipinski definition) is 3. The second kappa shape index (κ2) is 2.70. The van der Waals surface area contributed by atoms with E-state index in [1.165, 1.54) is 6.07 Å². The number of aryl methyl sites for hydroxylation is 1. The number of phenols is 1. The highest BCUT2D eigenvalue weighted by Gasteiger charge is 2.01. The van der Waals surface area contributed by atoms with Crippen LogP contribution in [0.4, 0.5) is 5.69 Å². The van der Waals surface area contributed by atoms with E-state index in [1.807, 2.05) is 6.92 Å². The summed E-state index contributed by atoms with van der Waals surface area (Å²) in [6, 6.07) is 3.00. The molecule has 0 heterocycles. The molecule has 58 valence electrons. The lowest BCUT2D eigenvalue weighted by molar-refractivity contribution is 0.471. The van der Waals surface area contributed by atoms with Crippen LogP contribution in [0, 0.1) is 18.8 Å². The molecule has 11 heavy (non-hydrogen) atoms. The minimum atomic E-state index is 0.125. The highest BCUT2D eigenvalue weighted by atomic mass is 16.3. The van der Waals surface area contributed by atoms with Gasteiger partial charge in [0.25, 0.3) is 0 Å². The summed E-state index contributed by atoms with van der Waals surface area (Å²) in [6.07, 6.45) is 0. The normalized spacial score (nSPS) is 9.64. The van der Waals surface area contributed by atoms with Crippen LogP contribution >= 0.6 is 0 Å². The summed E-state index contributed by atoms with van der Waals surface area (Å²) in [7, 11) is 0. The van der Waals surface area contributed by atoms with Gasteiger partial charge in [-0.2, -0.15) is 0 Å². The molecule has 1 aromatic carbocycles. The highest BCUT2D eigenvalue weighted by Crippen LogP contribution is 2.26. The molecule has 1 rings (SSSR count). The van der Waals surface area contributed by atoms with Crippen LogP contribution < -0.4 is 0 Å². The first-order chi connectivity index (χ1) is 5.15. The lowest BCUT2D eigenvalue weighted by atomic mass is 10.1. The molecule has 0 spiro atoms. The first-order valence-corrected chi connectivity index (χ1v) is 3.28. The predicted molar refractivity (Wildman–Crippen MR) is 43.0 cm³/mol. The van der Waals surface area contributed by atoms with Gasteiger partial charge in [0.15, 0.2) is 0 Å². The zero-order valence-electron chi connectivity index (χ0n) is 6.46. The summed E-state index contributed by atoms with van der Waals surface area (Å²) in [5.74, 6) is 0.125. The zero-order valence-corrected chi connectivity index (χ0v) is 6.46. The third-order valence-electron chi connectivity index (χ3n) is 1.73. The van der Waals surface area contributed by atoms with Gasteiger partial charge < -0.3 is 5.11 Å². The van der Waals surface area contributed by atoms with Gasteiger partial charge in [0.05, 0.1) is 0 Å². The predicted octanol–water partition coefficient (Wildman–Crippen LogP) is 2.41. The second-order valence-electron chi connectivity index (χ2n) is 2.50. The molecule has 0 unspecified atom stereocenters. The average Bonchev–Trinajstić information content (AvgIpc) is 1.99. The third-order valence-corrected chi connectivity index (χ3v) is 1.73. The van der Waals surface area contributed by atoms with Gasteiger partial charge >= 0.3 is 0 Å². The van der Waals surface area contributed by atoms with E-state index in [0.717, 1.165) is 11.1 Å². The highest BCUT2D eigenvalue weighted by molar-refractivity contribution is 5.50. The number of hydrogen-bond donors (Lipinski definition) is 1. The number of nitrogens with zero attached hydrogens (tertiary/aromatic N) is 1. The summed E-state index contributed by atoms with van der Waals surface area (Å²) in [6.45, 7) is 3.61. The molecular formula is C8H9NO2. The van der Waals surface area contributed by atoms with Gasteiger partial charge in [-0.25, -0.2) is 0 Å². The Morgan fingerprint density at radius 3 is 2.45 bits per heavy atom. The van der Waals surface area contributed by atoms with Gasteiger partial charge in [0.2, 0.25) is 0 Å². The van der Waals surface area contributed by atoms with Crippen LogP contribution in [-0.4, -0.2) is 5.11 Å². The number of aromatic hydroxyl groups is 1. The quantitative estimate of drug-likeness (QED) is 0.626. The lowest BCUT2D eigenvalue weighted by Crippen LogP contribution is -1.80. The van der Waals surface area contributed by atoms with Crippen LogP contribution in [0.25, 0.3) is 0 Å². The zero-order chi connectivity index (χ0) is 8.43. The van der Waals surface area contributed by atoms with Crippen molar-refractivity contribution >= 4 is 5.69 Å². The van der Waals surface area contributed by atoms with E-state index < -0.39 is 0 Å². The molecule has 0 atom stereocenters. The minimum absolute atomic E-state index is 0.125. The summed E-state index contributed by atoms with van der Waals surface area (Å²) in [5.41, 5.74) is 1.93. The first-order valence-electron chi connectivity index (χ1n) is 3.28. The molecule has 0 saturated heterocycles. The van der Waals surface area contributed by atoms with E-state index in [9.17, 15) is 10.0 Å². The maximum absolute atomic E-state index is 10.1. The van der Waals surface area contributed by atoms with Gasteiger partial charge in [0.1, 0.15) is 11.4 Å². The monoisotopic (exact) mass is 151 g/mol. The topological polar surface area (TPSA) is 49.7 Å². The van der Waals surface area contributed by atoms with E-state index in [-0.39, 0.29) is 11.4 Å². The Bertz CT molecular complexity index is 271. The average molecular weight is 151 g/mol. The Balaban J connectivity index is 3.31. The summed E-state index contributed by atoms with van der Waals surface area (Å²) >= 11 is 0. The summed E-state index contributed by atoms with van der Waals surface area (Å²) < 4.78 is 0. The second-order valence-corrected chi connectivity index (χ2v) is 2.50. The number of phenolic OH excluding ortho intramolecular Hbond substituents is 1. The van der Waals surface area contributed by atoms with Crippen molar-refractivity contribution in [3.63, 3.8) is 0 Å². The lowest BCUT2D eigenvalue weighted by Gasteiger charge is -2.01. The van der Waals surface area contributed by atoms with E-state index in [4.69, 9.17) is 0 Å². The van der Waals surface area contributed by atoms with Crippen molar-refractivity contribution in [2.24, 2.45) is 5.18 Å². The molecule has 0 amide bonds. The van der Waals surface area contributed by atoms with E-state index >= 15 is 0 Å². The van der Waals surface area contributed by atoms with E-state index in [0.29, 0.717) is 0 Å². The Morgan fingerprint density at radius 1 is 1.36 bits per heavy atom. The SMILES string of the molecule is Cc1cc(N=O)cc(O)c1C. The van der Waals surface area contributed by atoms with Crippen molar-refractivity contribution < 1.29 is 5.11 Å². The van der Waals surface area contributed by atoms with Crippen molar-refractivity contribution in [1.82, 2.24) is 0 Å². The van der Waals surface area contributed by atoms with Crippen molar-refractivity contribution in [2.45, 2.75) is 13.8 Å². The van der Waals surface area contributed by atoms with Crippen molar-refractivity contribution in [2.75, 3.05) is 0 Å². The van der Waals surface area contributed by atoms with Crippen molar-refractivity contribution in [3.05, 3.63) is 28.2 Å². The van der Waals surface area contributed by atoms with Gasteiger partial charge in [-0.3, -0.25) is 0 Å². The Kier molecular flexibility index (Phi) is 1.89. The molecule has 1 aromatic rings. The number of rotatable bonds is 1. The Morgan fingerprint density at radius 2 is 2.00 bits per heavy atom. The van der Waals surface area contributed by atoms with Gasteiger partial charge in [0, 0.05) is 6.07 Å². The molecule has 3 heteroatoms. The van der Waals surface area contributed by atoms with Crippen LogP contribution in [0.1, 0.15) is 11.1 Å². The Labute approximate surface area is 64.7 Å². The smallest absolute Gasteiger partial charge is 0.121 e. The van der Waals surface area contributed by atoms with Crippen LogP contribution in [0.2, 0.25) is 0 Å². The molecule has 0 saturated carbocycles. The van der Waals surface area contributed by atoms with Crippen LogP contribution in [0.3, 0.4) is 0 Å². The molecule has 0 radical (unpaired) electrons. The fourth-order valence-corrected chi connectivity index (χ4v) is 0.875. The number of nitroso groups, excluding NO2 is 1. The molecule has 0 aromatic heterocycles. The van der Waals surface area contributed by atoms with Crippen LogP contribution in [-0.2, 0) is 0 Å². The van der Waals surface area contributed by atoms with Crippen molar-refractivity contribution in [1.29, 1.82) is 0 Å². The molecular weight excluding hydrogens is 142 g/mol. The summed E-state index contributed by atoms with van der Waals surface area (Å²) in [4.78, 5) is 10.1. The van der Waals surface area contributed by atoms with Gasteiger partial charge in [-0.15, -0.1) is 4.91 Å².